The summed E-state index contributed by atoms with van der Waals surface area (Å²) in [7, 11) is 0. The third-order valence-corrected chi connectivity index (χ3v) is 2.47. The summed E-state index contributed by atoms with van der Waals surface area (Å²) in [5.74, 6) is 1.42. The van der Waals surface area contributed by atoms with Crippen LogP contribution in [-0.2, 0) is 6.54 Å². The Morgan fingerprint density at radius 1 is 1.00 bits per heavy atom. The molecule has 0 aliphatic carbocycles. The average molecular weight is 258 g/mol. The van der Waals surface area contributed by atoms with E-state index in [1.165, 1.54) is 0 Å². The van der Waals surface area contributed by atoms with Gasteiger partial charge in [-0.25, -0.2) is 4.98 Å². The van der Waals surface area contributed by atoms with Crippen LogP contribution in [0.25, 0.3) is 0 Å². The van der Waals surface area contributed by atoms with Crippen LogP contribution < -0.4 is 10.6 Å². The van der Waals surface area contributed by atoms with Crippen LogP contribution in [0, 0.1) is 13.8 Å². The summed E-state index contributed by atoms with van der Waals surface area (Å²) in [6.45, 7) is 7.27. The second-order valence-electron chi connectivity index (χ2n) is 4.25. The average Bonchev–Trinajstić information content (AvgIpc) is 2.38. The molecule has 0 amide bonds. The fourth-order valence-electron chi connectivity index (χ4n) is 1.59. The summed E-state index contributed by atoms with van der Waals surface area (Å²) in [6, 6.07) is 1.91. The molecule has 19 heavy (non-hydrogen) atoms. The van der Waals surface area contributed by atoms with Crippen LogP contribution in [0.4, 0.5) is 11.8 Å². The Morgan fingerprint density at radius 2 is 1.84 bits per heavy atom. The van der Waals surface area contributed by atoms with Crippen molar-refractivity contribution in [2.45, 2.75) is 27.3 Å². The molecule has 100 valence electrons. The molecule has 6 nitrogen and oxygen atoms in total. The SMILES string of the molecule is CCNc1nc(C)cc(NCc2cnc(C)cn2)n1. The first kappa shape index (κ1) is 13.2. The molecule has 0 saturated heterocycles. The van der Waals surface area contributed by atoms with Crippen LogP contribution in [0.5, 0.6) is 0 Å². The smallest absolute Gasteiger partial charge is 0.224 e. The van der Waals surface area contributed by atoms with Crippen LogP contribution in [0.15, 0.2) is 18.5 Å². The van der Waals surface area contributed by atoms with Crippen molar-refractivity contribution in [2.24, 2.45) is 0 Å². The Hall–Kier alpha value is -2.24. The first-order valence-corrected chi connectivity index (χ1v) is 6.28. The van der Waals surface area contributed by atoms with Gasteiger partial charge in [-0.2, -0.15) is 4.98 Å². The lowest BCUT2D eigenvalue weighted by Crippen LogP contribution is -2.08. The normalized spacial score (nSPS) is 10.3. The van der Waals surface area contributed by atoms with Crippen LogP contribution in [0.2, 0.25) is 0 Å². The zero-order valence-corrected chi connectivity index (χ0v) is 11.4. The molecular formula is C13H18N6. The molecule has 0 bridgehead atoms. The maximum atomic E-state index is 4.37. The van der Waals surface area contributed by atoms with Gasteiger partial charge in [-0.05, 0) is 20.8 Å². The number of rotatable bonds is 5. The van der Waals surface area contributed by atoms with E-state index in [0.29, 0.717) is 12.5 Å². The van der Waals surface area contributed by atoms with Gasteiger partial charge in [0.25, 0.3) is 0 Å². The van der Waals surface area contributed by atoms with Gasteiger partial charge >= 0.3 is 0 Å². The highest BCUT2D eigenvalue weighted by atomic mass is 15.1. The van der Waals surface area contributed by atoms with Crippen molar-refractivity contribution in [1.29, 1.82) is 0 Å². The van der Waals surface area contributed by atoms with Gasteiger partial charge < -0.3 is 10.6 Å². The predicted molar refractivity (Wildman–Crippen MR) is 75.0 cm³/mol. The monoisotopic (exact) mass is 258 g/mol. The van der Waals surface area contributed by atoms with Gasteiger partial charge in [-0.15, -0.1) is 0 Å². The van der Waals surface area contributed by atoms with E-state index in [-0.39, 0.29) is 0 Å². The molecule has 2 N–H and O–H groups in total. The van der Waals surface area contributed by atoms with Crippen molar-refractivity contribution >= 4 is 11.8 Å². The molecule has 6 heteroatoms. The van der Waals surface area contributed by atoms with E-state index in [1.807, 2.05) is 26.8 Å². The molecule has 0 aliphatic rings. The minimum Gasteiger partial charge on any atom is -0.364 e. The maximum absolute atomic E-state index is 4.37. The molecule has 0 spiro atoms. The van der Waals surface area contributed by atoms with E-state index < -0.39 is 0 Å². The van der Waals surface area contributed by atoms with Crippen molar-refractivity contribution in [3.8, 4) is 0 Å². The highest BCUT2D eigenvalue weighted by molar-refractivity contribution is 5.42. The van der Waals surface area contributed by atoms with Gasteiger partial charge in [0.05, 0.1) is 24.1 Å². The Kier molecular flexibility index (Phi) is 4.22. The summed E-state index contributed by atoms with van der Waals surface area (Å²) in [5.41, 5.74) is 2.71. The Bertz CT molecular complexity index is 537. The van der Waals surface area contributed by atoms with E-state index >= 15 is 0 Å². The number of nitrogens with one attached hydrogen (secondary N) is 2. The van der Waals surface area contributed by atoms with Crippen molar-refractivity contribution < 1.29 is 0 Å². The lowest BCUT2D eigenvalue weighted by atomic mass is 10.4. The van der Waals surface area contributed by atoms with Gasteiger partial charge in [0.1, 0.15) is 5.82 Å². The fraction of sp³-hybridized carbons (Fsp3) is 0.385. The Balaban J connectivity index is 2.04. The van der Waals surface area contributed by atoms with Gasteiger partial charge in [-0.3, -0.25) is 9.97 Å². The lowest BCUT2D eigenvalue weighted by Gasteiger charge is -2.08. The standard InChI is InChI=1S/C13H18N6/c1-4-14-13-18-9(2)5-12(19-13)17-8-11-7-15-10(3)6-16-11/h5-7H,4,8H2,1-3H3,(H2,14,17,18,19). The highest BCUT2D eigenvalue weighted by Gasteiger charge is 2.02. The Morgan fingerprint density at radius 3 is 2.53 bits per heavy atom. The van der Waals surface area contributed by atoms with E-state index in [0.717, 1.165) is 29.4 Å². The third-order valence-electron chi connectivity index (χ3n) is 2.47. The summed E-state index contributed by atoms with van der Waals surface area (Å²) >= 11 is 0. The van der Waals surface area contributed by atoms with Gasteiger partial charge in [0.15, 0.2) is 0 Å². The predicted octanol–water partition coefficient (Wildman–Crippen LogP) is 1.93. The Labute approximate surface area is 112 Å². The van der Waals surface area contributed by atoms with Crippen molar-refractivity contribution in [3.63, 3.8) is 0 Å². The molecule has 0 aromatic carbocycles. The molecule has 2 rings (SSSR count). The summed E-state index contributed by atoms with van der Waals surface area (Å²) in [5, 5.41) is 6.33. The van der Waals surface area contributed by atoms with Gasteiger partial charge in [0.2, 0.25) is 5.95 Å². The molecule has 0 radical (unpaired) electrons. The third kappa shape index (κ3) is 3.87. The van der Waals surface area contributed by atoms with Crippen molar-refractivity contribution in [1.82, 2.24) is 19.9 Å². The van der Waals surface area contributed by atoms with Crippen LogP contribution >= 0.6 is 0 Å². The zero-order chi connectivity index (χ0) is 13.7. The minimum absolute atomic E-state index is 0.593. The van der Waals surface area contributed by atoms with E-state index in [1.54, 1.807) is 12.4 Å². The summed E-state index contributed by atoms with van der Waals surface area (Å²) in [6.07, 6.45) is 3.52. The highest BCUT2D eigenvalue weighted by Crippen LogP contribution is 2.10. The molecular weight excluding hydrogens is 240 g/mol. The van der Waals surface area contributed by atoms with Crippen LogP contribution in [0.1, 0.15) is 24.0 Å². The number of hydrogen-bond donors (Lipinski definition) is 2. The molecule has 0 fully saturated rings. The minimum atomic E-state index is 0.593. The maximum Gasteiger partial charge on any atom is 0.224 e. The number of aromatic nitrogens is 4. The van der Waals surface area contributed by atoms with Crippen LogP contribution in [0.3, 0.4) is 0 Å². The molecule has 2 heterocycles. The molecule has 0 saturated carbocycles. The van der Waals surface area contributed by atoms with E-state index in [4.69, 9.17) is 0 Å². The number of nitrogens with zero attached hydrogens (tertiary/aromatic N) is 4. The fourth-order valence-corrected chi connectivity index (χ4v) is 1.59. The number of aryl methyl sites for hydroxylation is 2. The second-order valence-corrected chi connectivity index (χ2v) is 4.25. The van der Waals surface area contributed by atoms with Crippen molar-refractivity contribution in [2.75, 3.05) is 17.2 Å². The number of anilines is 2. The van der Waals surface area contributed by atoms with Gasteiger partial charge in [0, 0.05) is 24.5 Å². The van der Waals surface area contributed by atoms with E-state index in [9.17, 15) is 0 Å². The first-order chi connectivity index (χ1) is 9.17. The van der Waals surface area contributed by atoms with Gasteiger partial charge in [-0.1, -0.05) is 0 Å². The number of hydrogen-bond acceptors (Lipinski definition) is 6. The quantitative estimate of drug-likeness (QED) is 0.853. The molecule has 0 atom stereocenters. The molecule has 0 aliphatic heterocycles. The zero-order valence-electron chi connectivity index (χ0n) is 11.4. The second kappa shape index (κ2) is 6.08. The molecule has 0 unspecified atom stereocenters. The lowest BCUT2D eigenvalue weighted by molar-refractivity contribution is 0.967. The van der Waals surface area contributed by atoms with Crippen molar-refractivity contribution in [3.05, 3.63) is 35.5 Å². The van der Waals surface area contributed by atoms with Crippen LogP contribution in [-0.4, -0.2) is 26.5 Å². The summed E-state index contributed by atoms with van der Waals surface area (Å²) < 4.78 is 0. The first-order valence-electron chi connectivity index (χ1n) is 6.28. The largest absolute Gasteiger partial charge is 0.364 e. The summed E-state index contributed by atoms with van der Waals surface area (Å²) in [4.78, 5) is 17.2. The topological polar surface area (TPSA) is 75.6 Å². The molecule has 2 aromatic heterocycles. The van der Waals surface area contributed by atoms with E-state index in [2.05, 4.69) is 30.6 Å². The molecule has 2 aromatic rings.